The van der Waals surface area contributed by atoms with Gasteiger partial charge >= 0.3 is 0 Å². The monoisotopic (exact) mass is 374 g/mol. The van der Waals surface area contributed by atoms with E-state index in [4.69, 9.17) is 4.74 Å². The van der Waals surface area contributed by atoms with Crippen molar-refractivity contribution in [2.24, 2.45) is 0 Å². The molecule has 140 valence electrons. The van der Waals surface area contributed by atoms with Gasteiger partial charge in [0.2, 0.25) is 0 Å². The lowest BCUT2D eigenvalue weighted by Gasteiger charge is -2.15. The minimum absolute atomic E-state index is 0.0287. The summed E-state index contributed by atoms with van der Waals surface area (Å²) in [4.78, 5) is 17.8. The van der Waals surface area contributed by atoms with Crippen LogP contribution >= 0.6 is 0 Å². The number of hydrogen-bond donors (Lipinski definition) is 0. The van der Waals surface area contributed by atoms with Gasteiger partial charge in [-0.05, 0) is 41.3 Å². The number of likely N-dealkylation sites (N-methyl/N-ethyl adjacent to an activating group) is 1. The molecule has 3 aromatic carbocycles. The minimum Gasteiger partial charge on any atom is -0.483 e. The van der Waals surface area contributed by atoms with E-state index in [1.165, 1.54) is 11.0 Å². The summed E-state index contributed by atoms with van der Waals surface area (Å²) in [5.41, 5.74) is 2.37. The fraction of sp³-hybridized carbons (Fsp3) is 0.130. The summed E-state index contributed by atoms with van der Waals surface area (Å²) in [6.07, 6.45) is 1.75. The summed E-state index contributed by atoms with van der Waals surface area (Å²) >= 11 is 0. The third-order valence-corrected chi connectivity index (χ3v) is 4.72. The van der Waals surface area contributed by atoms with Crippen LogP contribution in [0, 0.1) is 5.82 Å². The maximum absolute atomic E-state index is 14.2. The predicted octanol–water partition coefficient (Wildman–Crippen LogP) is 4.66. The Kier molecular flexibility index (Phi) is 4.65. The van der Waals surface area contributed by atoms with E-state index in [9.17, 15) is 9.18 Å². The highest BCUT2D eigenvalue weighted by Gasteiger charge is 2.12. The molecule has 0 aliphatic carbocycles. The smallest absolute Gasteiger partial charge is 0.259 e. The molecule has 0 saturated heterocycles. The Bertz CT molecular complexity index is 1190. The molecule has 28 heavy (non-hydrogen) atoms. The summed E-state index contributed by atoms with van der Waals surface area (Å²) in [5, 5.41) is 2.33. The molecule has 1 heterocycles. The van der Waals surface area contributed by atoms with Crippen molar-refractivity contribution in [2.75, 3.05) is 20.7 Å². The van der Waals surface area contributed by atoms with E-state index in [1.54, 1.807) is 32.4 Å². The first kappa shape index (κ1) is 17.9. The maximum atomic E-state index is 14.2. The van der Waals surface area contributed by atoms with Gasteiger partial charge in [0.05, 0.1) is 5.52 Å². The average Bonchev–Trinajstić information content (AvgIpc) is 2.71. The van der Waals surface area contributed by atoms with E-state index in [0.717, 1.165) is 21.9 Å². The molecule has 0 unspecified atom stereocenters. The number of benzene rings is 3. The molecule has 0 bridgehead atoms. The molecule has 4 nitrogen and oxygen atoms in total. The van der Waals surface area contributed by atoms with E-state index in [0.29, 0.717) is 16.7 Å². The number of hydrogen-bond acceptors (Lipinski definition) is 3. The van der Waals surface area contributed by atoms with Crippen LogP contribution in [0.5, 0.6) is 5.75 Å². The van der Waals surface area contributed by atoms with Gasteiger partial charge in [0, 0.05) is 36.6 Å². The highest BCUT2D eigenvalue weighted by molar-refractivity contribution is 6.01. The van der Waals surface area contributed by atoms with Gasteiger partial charge in [0.1, 0.15) is 11.6 Å². The van der Waals surface area contributed by atoms with Crippen molar-refractivity contribution in [1.29, 1.82) is 0 Å². The Labute approximate surface area is 162 Å². The molecule has 4 rings (SSSR count). The molecular formula is C23H19FN2O2. The van der Waals surface area contributed by atoms with Gasteiger partial charge in [-0.2, -0.15) is 0 Å². The van der Waals surface area contributed by atoms with E-state index in [-0.39, 0.29) is 18.3 Å². The zero-order chi connectivity index (χ0) is 19.7. The molecule has 0 radical (unpaired) electrons. The number of ether oxygens (including phenoxy) is 1. The van der Waals surface area contributed by atoms with Gasteiger partial charge in [-0.3, -0.25) is 9.78 Å². The summed E-state index contributed by atoms with van der Waals surface area (Å²) in [5.74, 6) is 0.232. The molecule has 5 heteroatoms. The Balaban J connectivity index is 1.80. The van der Waals surface area contributed by atoms with Gasteiger partial charge in [0.15, 0.2) is 6.61 Å². The van der Waals surface area contributed by atoms with Crippen molar-refractivity contribution in [3.63, 3.8) is 0 Å². The normalized spacial score (nSPS) is 11.0. The topological polar surface area (TPSA) is 42.4 Å². The molecule has 4 aromatic rings. The van der Waals surface area contributed by atoms with Crippen molar-refractivity contribution >= 4 is 27.6 Å². The highest BCUT2D eigenvalue weighted by Crippen LogP contribution is 2.35. The molecular weight excluding hydrogens is 355 g/mol. The Hall–Kier alpha value is -3.47. The van der Waals surface area contributed by atoms with Crippen LogP contribution in [0.2, 0.25) is 0 Å². The van der Waals surface area contributed by atoms with E-state index >= 15 is 0 Å². The van der Waals surface area contributed by atoms with Crippen molar-refractivity contribution in [2.45, 2.75) is 0 Å². The number of rotatable bonds is 4. The second-order valence-corrected chi connectivity index (χ2v) is 6.76. The first-order valence-electron chi connectivity index (χ1n) is 8.94. The summed E-state index contributed by atoms with van der Waals surface area (Å²) in [6, 6.07) is 18.2. The van der Waals surface area contributed by atoms with Crippen molar-refractivity contribution < 1.29 is 13.9 Å². The average molecular weight is 374 g/mol. The van der Waals surface area contributed by atoms with Crippen molar-refractivity contribution in [3.8, 4) is 16.9 Å². The Morgan fingerprint density at radius 3 is 2.57 bits per heavy atom. The lowest BCUT2D eigenvalue weighted by atomic mass is 9.98. The van der Waals surface area contributed by atoms with Gasteiger partial charge < -0.3 is 9.64 Å². The molecule has 0 atom stereocenters. The SMILES string of the molecule is CN(C)C(=O)COc1ccc(-c2cnc3cccc(F)c3c2)c2ccccc12. The van der Waals surface area contributed by atoms with Gasteiger partial charge in [-0.1, -0.05) is 30.3 Å². The standard InChI is InChI=1S/C23H19FN2O2/c1-26(2)23(27)14-28-22-11-10-16(17-6-3-4-7-18(17)22)15-12-19-20(24)8-5-9-21(19)25-13-15/h3-13H,14H2,1-2H3. The summed E-state index contributed by atoms with van der Waals surface area (Å²) < 4.78 is 20.0. The molecule has 1 amide bonds. The summed E-state index contributed by atoms with van der Waals surface area (Å²) in [7, 11) is 3.39. The lowest BCUT2D eigenvalue weighted by molar-refractivity contribution is -0.130. The highest BCUT2D eigenvalue weighted by atomic mass is 19.1. The van der Waals surface area contributed by atoms with Crippen LogP contribution in [0.3, 0.4) is 0 Å². The first-order valence-corrected chi connectivity index (χ1v) is 8.94. The zero-order valence-electron chi connectivity index (χ0n) is 15.6. The number of carbonyl (C=O) groups is 1. The largest absolute Gasteiger partial charge is 0.483 e. The van der Waals surface area contributed by atoms with Crippen LogP contribution in [-0.4, -0.2) is 36.5 Å². The van der Waals surface area contributed by atoms with E-state index in [2.05, 4.69) is 4.98 Å². The second-order valence-electron chi connectivity index (χ2n) is 6.76. The first-order chi connectivity index (χ1) is 13.5. The lowest BCUT2D eigenvalue weighted by Crippen LogP contribution is -2.27. The predicted molar refractivity (Wildman–Crippen MR) is 109 cm³/mol. The van der Waals surface area contributed by atoms with Gasteiger partial charge in [-0.25, -0.2) is 4.39 Å². The molecule has 0 aliphatic rings. The van der Waals surface area contributed by atoms with Crippen LogP contribution in [0.15, 0.2) is 66.9 Å². The zero-order valence-corrected chi connectivity index (χ0v) is 15.6. The number of pyridine rings is 1. The van der Waals surface area contributed by atoms with Crippen LogP contribution < -0.4 is 4.74 Å². The minimum atomic E-state index is -0.293. The molecule has 1 aromatic heterocycles. The summed E-state index contributed by atoms with van der Waals surface area (Å²) in [6.45, 7) is -0.0287. The van der Waals surface area contributed by atoms with E-state index < -0.39 is 0 Å². The van der Waals surface area contributed by atoms with Crippen LogP contribution in [-0.2, 0) is 4.79 Å². The quantitative estimate of drug-likeness (QED) is 0.522. The van der Waals surface area contributed by atoms with Crippen molar-refractivity contribution in [1.82, 2.24) is 9.88 Å². The Morgan fingerprint density at radius 1 is 1.00 bits per heavy atom. The van der Waals surface area contributed by atoms with Crippen molar-refractivity contribution in [3.05, 3.63) is 72.7 Å². The fourth-order valence-electron chi connectivity index (χ4n) is 3.18. The third-order valence-electron chi connectivity index (χ3n) is 4.72. The second kappa shape index (κ2) is 7.27. The molecule has 0 fully saturated rings. The third kappa shape index (κ3) is 3.27. The van der Waals surface area contributed by atoms with Gasteiger partial charge in [0.25, 0.3) is 5.91 Å². The maximum Gasteiger partial charge on any atom is 0.259 e. The Morgan fingerprint density at radius 2 is 1.79 bits per heavy atom. The fourth-order valence-corrected chi connectivity index (χ4v) is 3.18. The number of nitrogens with zero attached hydrogens (tertiary/aromatic N) is 2. The van der Waals surface area contributed by atoms with Crippen LogP contribution in [0.1, 0.15) is 0 Å². The molecule has 0 N–H and O–H groups in total. The number of amides is 1. The number of carbonyl (C=O) groups excluding carboxylic acids is 1. The molecule has 0 spiro atoms. The number of halogens is 1. The van der Waals surface area contributed by atoms with E-state index in [1.807, 2.05) is 42.5 Å². The molecule has 0 aliphatic heterocycles. The molecule has 0 saturated carbocycles. The number of aromatic nitrogens is 1. The number of fused-ring (bicyclic) bond motifs is 2. The van der Waals surface area contributed by atoms with Crippen LogP contribution in [0.25, 0.3) is 32.8 Å². The van der Waals surface area contributed by atoms with Gasteiger partial charge in [-0.15, -0.1) is 0 Å². The van der Waals surface area contributed by atoms with Crippen LogP contribution in [0.4, 0.5) is 4.39 Å².